The molecular weight excluding hydrogens is 412 g/mol. The quantitative estimate of drug-likeness (QED) is 0.611. The molecule has 3 fully saturated rings. The molecule has 3 aliphatic rings. The van der Waals surface area contributed by atoms with Crippen LogP contribution in [0.1, 0.15) is 32.1 Å². The van der Waals surface area contributed by atoms with Gasteiger partial charge in [0, 0.05) is 45.7 Å². The van der Waals surface area contributed by atoms with Crippen molar-refractivity contribution in [2.45, 2.75) is 37.6 Å². The fourth-order valence-corrected chi connectivity index (χ4v) is 4.75. The maximum Gasteiger partial charge on any atom is 0.325 e. The van der Waals surface area contributed by atoms with Gasteiger partial charge in [0.1, 0.15) is 23.6 Å². The van der Waals surface area contributed by atoms with Crippen molar-refractivity contribution in [1.29, 1.82) is 0 Å². The number of methoxy groups -OCH3 is 1. The summed E-state index contributed by atoms with van der Waals surface area (Å²) in [5.74, 6) is 1.44. The lowest BCUT2D eigenvalue weighted by Gasteiger charge is -2.34. The second-order valence-corrected chi connectivity index (χ2v) is 8.67. The third kappa shape index (κ3) is 4.82. The van der Waals surface area contributed by atoms with Gasteiger partial charge in [-0.1, -0.05) is 12.8 Å². The van der Waals surface area contributed by atoms with Crippen molar-refractivity contribution >= 4 is 17.8 Å². The largest absolute Gasteiger partial charge is 0.497 e. The normalized spacial score (nSPS) is 20.7. The van der Waals surface area contributed by atoms with Crippen molar-refractivity contribution in [3.05, 3.63) is 24.3 Å². The molecule has 2 aliphatic heterocycles. The molecule has 0 atom stereocenters. The minimum atomic E-state index is -0.709. The molecule has 4 rings (SSSR count). The second kappa shape index (κ2) is 9.77. The van der Waals surface area contributed by atoms with E-state index in [1.54, 1.807) is 7.11 Å². The molecular formula is C23H32N4O5. The molecule has 1 aromatic carbocycles. The molecule has 2 saturated heterocycles. The first-order valence-electron chi connectivity index (χ1n) is 11.4. The van der Waals surface area contributed by atoms with E-state index in [-0.39, 0.29) is 30.8 Å². The standard InChI is InChI=1S/C23H32N4O5/c1-31-18-4-6-19(7-5-18)32-17-16-25-12-14-26(15-13-25)20(28)8-11-27-21(29)23(24-22(27)30)9-2-3-10-23/h4-7H,2-3,8-17H2,1H3,(H,24,30). The SMILES string of the molecule is COc1ccc(OCCN2CCN(C(=O)CCN3C(=O)NC4(CCCC4)C3=O)CC2)cc1. The highest BCUT2D eigenvalue weighted by Gasteiger charge is 2.52. The van der Waals surface area contributed by atoms with Crippen LogP contribution < -0.4 is 14.8 Å². The molecule has 1 aliphatic carbocycles. The molecule has 9 heteroatoms. The lowest BCUT2D eigenvalue weighted by molar-refractivity contribution is -0.134. The number of carbonyl (C=O) groups excluding carboxylic acids is 3. The van der Waals surface area contributed by atoms with Crippen molar-refractivity contribution in [3.63, 3.8) is 0 Å². The summed E-state index contributed by atoms with van der Waals surface area (Å²) in [7, 11) is 1.63. The van der Waals surface area contributed by atoms with Gasteiger partial charge in [-0.3, -0.25) is 19.4 Å². The van der Waals surface area contributed by atoms with Gasteiger partial charge in [-0.15, -0.1) is 0 Å². The van der Waals surface area contributed by atoms with Crippen LogP contribution in [0.4, 0.5) is 4.79 Å². The number of carbonyl (C=O) groups is 3. The molecule has 32 heavy (non-hydrogen) atoms. The minimum Gasteiger partial charge on any atom is -0.497 e. The van der Waals surface area contributed by atoms with Gasteiger partial charge >= 0.3 is 6.03 Å². The molecule has 2 heterocycles. The highest BCUT2D eigenvalue weighted by atomic mass is 16.5. The molecule has 1 aromatic rings. The van der Waals surface area contributed by atoms with Crippen LogP contribution in [0.2, 0.25) is 0 Å². The Hall–Kier alpha value is -2.81. The van der Waals surface area contributed by atoms with E-state index in [1.807, 2.05) is 29.2 Å². The first kappa shape index (κ1) is 22.4. The van der Waals surface area contributed by atoms with Crippen LogP contribution >= 0.6 is 0 Å². The lowest BCUT2D eigenvalue weighted by Crippen LogP contribution is -2.50. The zero-order valence-corrected chi connectivity index (χ0v) is 18.7. The lowest BCUT2D eigenvalue weighted by atomic mass is 9.98. The number of hydrogen-bond acceptors (Lipinski definition) is 6. The van der Waals surface area contributed by atoms with E-state index < -0.39 is 5.54 Å². The third-order valence-corrected chi connectivity index (χ3v) is 6.71. The van der Waals surface area contributed by atoms with Crippen LogP contribution in [-0.4, -0.2) is 91.1 Å². The van der Waals surface area contributed by atoms with Gasteiger partial charge in [0.25, 0.3) is 5.91 Å². The van der Waals surface area contributed by atoms with Crippen molar-refractivity contribution in [2.75, 3.05) is 53.0 Å². The van der Waals surface area contributed by atoms with Gasteiger partial charge in [0.2, 0.25) is 5.91 Å². The highest BCUT2D eigenvalue weighted by Crippen LogP contribution is 2.35. The number of benzene rings is 1. The Bertz CT molecular complexity index is 829. The van der Waals surface area contributed by atoms with Crippen molar-refractivity contribution in [3.8, 4) is 11.5 Å². The Morgan fingerprint density at radius 3 is 2.31 bits per heavy atom. The van der Waals surface area contributed by atoms with Crippen molar-refractivity contribution in [2.24, 2.45) is 0 Å². The van der Waals surface area contributed by atoms with Gasteiger partial charge < -0.3 is 19.7 Å². The number of nitrogens with zero attached hydrogens (tertiary/aromatic N) is 3. The first-order valence-corrected chi connectivity index (χ1v) is 11.4. The van der Waals surface area contributed by atoms with Gasteiger partial charge in [-0.2, -0.15) is 0 Å². The number of rotatable bonds is 8. The van der Waals surface area contributed by atoms with E-state index in [0.29, 0.717) is 32.5 Å². The summed E-state index contributed by atoms with van der Waals surface area (Å²) in [4.78, 5) is 42.9. The fraction of sp³-hybridized carbons (Fsp3) is 0.609. The minimum absolute atomic E-state index is 0.00731. The Kier molecular flexibility index (Phi) is 6.83. The average Bonchev–Trinajstić information content (AvgIpc) is 3.37. The number of urea groups is 1. The summed E-state index contributed by atoms with van der Waals surface area (Å²) >= 11 is 0. The van der Waals surface area contributed by atoms with Crippen LogP contribution in [0.25, 0.3) is 0 Å². The number of hydrogen-bond donors (Lipinski definition) is 1. The second-order valence-electron chi connectivity index (χ2n) is 8.67. The summed E-state index contributed by atoms with van der Waals surface area (Å²) in [5, 5.41) is 2.86. The zero-order valence-electron chi connectivity index (χ0n) is 18.7. The van der Waals surface area contributed by atoms with Crippen LogP contribution in [0, 0.1) is 0 Å². The maximum absolute atomic E-state index is 12.7. The number of imide groups is 1. The fourth-order valence-electron chi connectivity index (χ4n) is 4.75. The molecule has 9 nitrogen and oxygen atoms in total. The molecule has 0 unspecified atom stereocenters. The summed E-state index contributed by atoms with van der Waals surface area (Å²) in [6.45, 7) is 4.37. The van der Waals surface area contributed by atoms with E-state index in [9.17, 15) is 14.4 Å². The third-order valence-electron chi connectivity index (χ3n) is 6.71. The monoisotopic (exact) mass is 444 g/mol. The molecule has 0 radical (unpaired) electrons. The van der Waals surface area contributed by atoms with Gasteiger partial charge in [-0.05, 0) is 37.1 Å². The number of amides is 4. The van der Waals surface area contributed by atoms with E-state index in [1.165, 1.54) is 4.90 Å². The molecule has 4 amide bonds. The van der Waals surface area contributed by atoms with E-state index in [4.69, 9.17) is 9.47 Å². The van der Waals surface area contributed by atoms with Gasteiger partial charge in [0.05, 0.1) is 7.11 Å². The molecule has 1 saturated carbocycles. The summed E-state index contributed by atoms with van der Waals surface area (Å²) in [6, 6.07) is 7.15. The summed E-state index contributed by atoms with van der Waals surface area (Å²) < 4.78 is 10.9. The number of ether oxygens (including phenoxy) is 2. The van der Waals surface area contributed by atoms with Crippen LogP contribution in [0.15, 0.2) is 24.3 Å². The van der Waals surface area contributed by atoms with Crippen LogP contribution in [0.3, 0.4) is 0 Å². The summed E-state index contributed by atoms with van der Waals surface area (Å²) in [5.41, 5.74) is -0.709. The maximum atomic E-state index is 12.7. The van der Waals surface area contributed by atoms with Crippen LogP contribution in [-0.2, 0) is 9.59 Å². The number of nitrogens with one attached hydrogen (secondary N) is 1. The molecule has 0 aromatic heterocycles. The van der Waals surface area contributed by atoms with E-state index in [0.717, 1.165) is 44.0 Å². The topological polar surface area (TPSA) is 91.4 Å². The van der Waals surface area contributed by atoms with Gasteiger partial charge in [-0.25, -0.2) is 4.79 Å². The Morgan fingerprint density at radius 2 is 1.66 bits per heavy atom. The predicted octanol–water partition coefficient (Wildman–Crippen LogP) is 1.47. The van der Waals surface area contributed by atoms with Crippen molar-refractivity contribution in [1.82, 2.24) is 20.0 Å². The molecule has 1 spiro atoms. The Balaban J connectivity index is 1.15. The molecule has 0 bridgehead atoms. The Labute approximate surface area is 188 Å². The summed E-state index contributed by atoms with van der Waals surface area (Å²) in [6.07, 6.45) is 3.48. The van der Waals surface area contributed by atoms with E-state index in [2.05, 4.69) is 10.2 Å². The van der Waals surface area contributed by atoms with Crippen molar-refractivity contribution < 1.29 is 23.9 Å². The van der Waals surface area contributed by atoms with Gasteiger partial charge in [0.15, 0.2) is 0 Å². The number of piperazine rings is 1. The first-order chi connectivity index (χ1) is 15.5. The predicted molar refractivity (Wildman–Crippen MR) is 118 cm³/mol. The highest BCUT2D eigenvalue weighted by molar-refractivity contribution is 6.07. The van der Waals surface area contributed by atoms with Crippen LogP contribution in [0.5, 0.6) is 11.5 Å². The van der Waals surface area contributed by atoms with E-state index >= 15 is 0 Å². The molecule has 174 valence electrons. The molecule has 1 N–H and O–H groups in total. The zero-order chi connectivity index (χ0) is 22.6. The Morgan fingerprint density at radius 1 is 1.00 bits per heavy atom. The average molecular weight is 445 g/mol. The smallest absolute Gasteiger partial charge is 0.325 e.